The highest BCUT2D eigenvalue weighted by atomic mass is 79.9. The lowest BCUT2D eigenvalue weighted by Gasteiger charge is -2.16. The van der Waals surface area contributed by atoms with Crippen molar-refractivity contribution in [3.8, 4) is 11.5 Å². The smallest absolute Gasteiger partial charge is 0.175 e. The number of nitrogens with zero attached hydrogens (tertiary/aromatic N) is 1. The first kappa shape index (κ1) is 23.5. The number of hydrogen-bond donors (Lipinski definition) is 1. The monoisotopic (exact) mass is 496 g/mol. The van der Waals surface area contributed by atoms with E-state index in [4.69, 9.17) is 21.1 Å². The number of benzene rings is 2. The highest BCUT2D eigenvalue weighted by Crippen LogP contribution is 2.37. The largest absolute Gasteiger partial charge is 0.490 e. The molecule has 4 nitrogen and oxygen atoms in total. The average Bonchev–Trinajstić information content (AvgIpc) is 2.70. The second-order valence-corrected chi connectivity index (χ2v) is 7.44. The number of aromatic nitrogens is 1. The molecule has 0 spiro atoms. The van der Waals surface area contributed by atoms with Gasteiger partial charge in [0.2, 0.25) is 0 Å². The summed E-state index contributed by atoms with van der Waals surface area (Å²) < 4.78 is 12.7. The van der Waals surface area contributed by atoms with Gasteiger partial charge < -0.3 is 14.8 Å². The van der Waals surface area contributed by atoms with Crippen molar-refractivity contribution in [2.45, 2.75) is 26.6 Å². The van der Waals surface area contributed by atoms with E-state index in [9.17, 15) is 0 Å². The maximum absolute atomic E-state index is 6.23. The molecule has 0 aliphatic heterocycles. The van der Waals surface area contributed by atoms with Gasteiger partial charge in [0.15, 0.2) is 11.5 Å². The topological polar surface area (TPSA) is 43.4 Å². The predicted molar refractivity (Wildman–Crippen MR) is 123 cm³/mol. The molecule has 0 fully saturated rings. The first-order chi connectivity index (χ1) is 13.7. The molecule has 0 bridgehead atoms. The molecule has 0 radical (unpaired) electrons. The lowest BCUT2D eigenvalue weighted by Crippen LogP contribution is -2.13. The minimum atomic E-state index is 0. The van der Waals surface area contributed by atoms with Gasteiger partial charge in [-0.05, 0) is 64.3 Å². The van der Waals surface area contributed by atoms with Crippen LogP contribution in [0.5, 0.6) is 11.5 Å². The molecule has 7 heteroatoms. The van der Waals surface area contributed by atoms with Crippen LogP contribution in [0.3, 0.4) is 0 Å². The van der Waals surface area contributed by atoms with Crippen molar-refractivity contribution >= 4 is 39.9 Å². The molecule has 3 rings (SSSR count). The zero-order valence-corrected chi connectivity index (χ0v) is 19.2. The van der Waals surface area contributed by atoms with Crippen LogP contribution < -0.4 is 14.8 Å². The molecule has 0 unspecified atom stereocenters. The van der Waals surface area contributed by atoms with E-state index in [0.29, 0.717) is 36.3 Å². The molecule has 0 aliphatic carbocycles. The fourth-order valence-electron chi connectivity index (χ4n) is 2.74. The van der Waals surface area contributed by atoms with Gasteiger partial charge in [0.25, 0.3) is 0 Å². The Bertz CT molecular complexity index is 911. The lowest BCUT2D eigenvalue weighted by molar-refractivity contribution is 0.267. The van der Waals surface area contributed by atoms with Crippen molar-refractivity contribution in [2.24, 2.45) is 0 Å². The maximum atomic E-state index is 6.23. The fraction of sp³-hybridized carbons (Fsp3) is 0.227. The zero-order chi connectivity index (χ0) is 19.8. The molecule has 2 aromatic carbocycles. The molecular formula is C22H23BrCl2N2O2. The molecule has 1 heterocycles. The van der Waals surface area contributed by atoms with E-state index in [1.807, 2.05) is 55.5 Å². The zero-order valence-electron chi connectivity index (χ0n) is 16.0. The molecule has 1 N–H and O–H groups in total. The summed E-state index contributed by atoms with van der Waals surface area (Å²) >= 11 is 9.85. The first-order valence-corrected chi connectivity index (χ1v) is 10.3. The molecule has 29 heavy (non-hydrogen) atoms. The Morgan fingerprint density at radius 1 is 1.00 bits per heavy atom. The third-order valence-electron chi connectivity index (χ3n) is 4.11. The molecule has 1 aromatic heterocycles. The molecule has 0 atom stereocenters. The van der Waals surface area contributed by atoms with Gasteiger partial charge in [0, 0.05) is 36.1 Å². The summed E-state index contributed by atoms with van der Waals surface area (Å²) in [7, 11) is 0. The summed E-state index contributed by atoms with van der Waals surface area (Å²) in [5, 5.41) is 4.13. The van der Waals surface area contributed by atoms with Crippen molar-refractivity contribution in [1.82, 2.24) is 10.3 Å². The second-order valence-electron chi connectivity index (χ2n) is 6.18. The van der Waals surface area contributed by atoms with Crippen molar-refractivity contribution in [3.63, 3.8) is 0 Å². The molecule has 0 amide bonds. The summed E-state index contributed by atoms with van der Waals surface area (Å²) in [5.74, 6) is 1.39. The van der Waals surface area contributed by atoms with Gasteiger partial charge in [-0.2, -0.15) is 0 Å². The van der Waals surface area contributed by atoms with Crippen molar-refractivity contribution < 1.29 is 9.47 Å². The summed E-state index contributed by atoms with van der Waals surface area (Å²) in [6, 6.07) is 15.7. The second kappa shape index (κ2) is 12.0. The van der Waals surface area contributed by atoms with Crippen molar-refractivity contribution in [1.29, 1.82) is 0 Å². The Morgan fingerprint density at radius 3 is 2.45 bits per heavy atom. The van der Waals surface area contributed by atoms with E-state index in [1.165, 1.54) is 5.56 Å². The maximum Gasteiger partial charge on any atom is 0.175 e. The van der Waals surface area contributed by atoms with Crippen molar-refractivity contribution in [3.05, 3.63) is 87.1 Å². The summed E-state index contributed by atoms with van der Waals surface area (Å²) in [5.41, 5.74) is 3.23. The highest BCUT2D eigenvalue weighted by molar-refractivity contribution is 9.10. The van der Waals surface area contributed by atoms with E-state index in [-0.39, 0.29) is 12.4 Å². The number of ether oxygens (including phenoxy) is 2. The molecule has 0 saturated carbocycles. The minimum absolute atomic E-state index is 0. The van der Waals surface area contributed by atoms with Crippen LogP contribution in [0.15, 0.2) is 65.4 Å². The Morgan fingerprint density at radius 2 is 1.72 bits per heavy atom. The van der Waals surface area contributed by atoms with Crippen LogP contribution in [0.4, 0.5) is 0 Å². The quantitative estimate of drug-likeness (QED) is 0.383. The van der Waals surface area contributed by atoms with Gasteiger partial charge in [0.1, 0.15) is 6.61 Å². The fourth-order valence-corrected chi connectivity index (χ4v) is 3.54. The van der Waals surface area contributed by atoms with Crippen LogP contribution in [0, 0.1) is 0 Å². The summed E-state index contributed by atoms with van der Waals surface area (Å²) in [4.78, 5) is 4.04. The van der Waals surface area contributed by atoms with Crippen LogP contribution in [0.1, 0.15) is 23.6 Å². The van der Waals surface area contributed by atoms with Gasteiger partial charge in [-0.1, -0.05) is 29.8 Å². The molecular weight excluding hydrogens is 475 g/mol. The number of rotatable bonds is 9. The van der Waals surface area contributed by atoms with E-state index in [2.05, 4.69) is 26.2 Å². The summed E-state index contributed by atoms with van der Waals surface area (Å²) in [6.07, 6.45) is 3.60. The summed E-state index contributed by atoms with van der Waals surface area (Å²) in [6.45, 7) is 4.38. The molecule has 154 valence electrons. The third-order valence-corrected chi connectivity index (χ3v) is 5.06. The van der Waals surface area contributed by atoms with Gasteiger partial charge in [0.05, 0.1) is 11.1 Å². The van der Waals surface area contributed by atoms with Gasteiger partial charge >= 0.3 is 0 Å². The number of hydrogen-bond acceptors (Lipinski definition) is 4. The number of halogens is 3. The number of nitrogens with one attached hydrogen (secondary N) is 1. The van der Waals surface area contributed by atoms with Crippen LogP contribution >= 0.6 is 39.9 Å². The number of pyridine rings is 1. The molecule has 0 saturated heterocycles. The van der Waals surface area contributed by atoms with Crippen LogP contribution in [0.25, 0.3) is 0 Å². The van der Waals surface area contributed by atoms with Crippen LogP contribution in [-0.2, 0) is 19.7 Å². The standard InChI is InChI=1S/C22H22BrClN2O2.ClH/c1-2-27-21-12-17(14-26-13-16-7-9-25-10-8-16)11-19(23)22(21)28-15-18-5-3-4-6-20(18)24;/h3-12,26H,2,13-15H2,1H3;1H. The molecule has 3 aromatic rings. The predicted octanol–water partition coefficient (Wildman–Crippen LogP) is 6.19. The van der Waals surface area contributed by atoms with E-state index in [0.717, 1.165) is 22.1 Å². The SMILES string of the molecule is CCOc1cc(CNCc2ccncc2)cc(Br)c1OCc1ccccc1Cl.Cl. The Balaban J connectivity index is 0.00000300. The van der Waals surface area contributed by atoms with Crippen molar-refractivity contribution in [2.75, 3.05) is 6.61 Å². The van der Waals surface area contributed by atoms with Gasteiger partial charge in [-0.15, -0.1) is 12.4 Å². The Kier molecular flexibility index (Phi) is 9.74. The van der Waals surface area contributed by atoms with Gasteiger partial charge in [-0.25, -0.2) is 0 Å². The normalized spacial score (nSPS) is 10.3. The van der Waals surface area contributed by atoms with E-state index >= 15 is 0 Å². The van der Waals surface area contributed by atoms with Crippen LogP contribution in [0.2, 0.25) is 5.02 Å². The average molecular weight is 498 g/mol. The highest BCUT2D eigenvalue weighted by Gasteiger charge is 2.13. The first-order valence-electron chi connectivity index (χ1n) is 9.08. The van der Waals surface area contributed by atoms with E-state index < -0.39 is 0 Å². The molecule has 0 aliphatic rings. The lowest BCUT2D eigenvalue weighted by atomic mass is 10.2. The van der Waals surface area contributed by atoms with Crippen LogP contribution in [-0.4, -0.2) is 11.6 Å². The Hall–Kier alpha value is -1.79. The van der Waals surface area contributed by atoms with E-state index in [1.54, 1.807) is 12.4 Å². The van der Waals surface area contributed by atoms with Gasteiger partial charge in [-0.3, -0.25) is 4.98 Å². The minimum Gasteiger partial charge on any atom is -0.490 e. The third kappa shape index (κ3) is 6.89. The Labute approximate surface area is 191 Å².